The van der Waals surface area contributed by atoms with Crippen molar-refractivity contribution in [2.24, 2.45) is 0 Å². The van der Waals surface area contributed by atoms with E-state index in [0.717, 1.165) is 21.8 Å². The molecule has 2 heterocycles. The quantitative estimate of drug-likeness (QED) is 0.362. The number of benzene rings is 3. The van der Waals surface area contributed by atoms with E-state index in [9.17, 15) is 9.18 Å². The number of H-pyrrole nitrogens is 1. The van der Waals surface area contributed by atoms with Crippen molar-refractivity contribution in [3.63, 3.8) is 0 Å². The molecule has 1 amide bonds. The minimum Gasteiger partial charge on any atom is -0.333 e. The van der Waals surface area contributed by atoms with Gasteiger partial charge >= 0.3 is 0 Å². The second-order valence-corrected chi connectivity index (χ2v) is 8.23. The molecule has 164 valence electrons. The van der Waals surface area contributed by atoms with E-state index in [2.05, 4.69) is 30.8 Å². The Labute approximate surface area is 192 Å². The van der Waals surface area contributed by atoms with Crippen LogP contribution in [0.25, 0.3) is 16.7 Å². The van der Waals surface area contributed by atoms with E-state index in [4.69, 9.17) is 0 Å². The van der Waals surface area contributed by atoms with Crippen molar-refractivity contribution in [2.75, 3.05) is 5.32 Å². The minimum absolute atomic E-state index is 0.0483. The average Bonchev–Trinajstić information content (AvgIpc) is 3.45. The summed E-state index contributed by atoms with van der Waals surface area (Å²) in [7, 11) is 0. The number of amides is 1. The Morgan fingerprint density at radius 3 is 2.76 bits per heavy atom. The molecule has 0 saturated heterocycles. The van der Waals surface area contributed by atoms with Gasteiger partial charge < -0.3 is 10.3 Å². The molecule has 2 N–H and O–H groups in total. The maximum Gasteiger partial charge on any atom is 0.256 e. The maximum atomic E-state index is 14.5. The standard InChI is InChI=1S/C23H18FN7OS/c1-14-28-29-30-31(14)16-10-11-18(24)21(12-16)25-22(32)17-7-3-2-6-15(17)13-33-23-26-19-8-4-5-9-20(19)27-23/h2-12H,13H2,1H3,(H,25,32)(H,26,27). The van der Waals surface area contributed by atoms with Gasteiger partial charge in [0.05, 0.1) is 22.4 Å². The normalized spacial score (nSPS) is 11.1. The number of halogens is 1. The molecule has 5 aromatic rings. The number of carbonyl (C=O) groups excluding carboxylic acids is 1. The molecule has 0 spiro atoms. The summed E-state index contributed by atoms with van der Waals surface area (Å²) < 4.78 is 15.9. The number of imidazole rings is 1. The number of tetrazole rings is 1. The summed E-state index contributed by atoms with van der Waals surface area (Å²) in [6.45, 7) is 1.73. The molecular formula is C23H18FN7OS. The largest absolute Gasteiger partial charge is 0.333 e. The van der Waals surface area contributed by atoms with Crippen LogP contribution in [0.2, 0.25) is 0 Å². The van der Waals surface area contributed by atoms with Crippen molar-refractivity contribution >= 4 is 34.4 Å². The fourth-order valence-electron chi connectivity index (χ4n) is 3.41. The Bertz CT molecular complexity index is 1430. The van der Waals surface area contributed by atoms with E-state index in [1.165, 1.54) is 28.6 Å². The SMILES string of the molecule is Cc1nnnn1-c1ccc(F)c(NC(=O)c2ccccc2CSc2nc3ccccc3[nH]2)c1. The van der Waals surface area contributed by atoms with Crippen molar-refractivity contribution in [1.82, 2.24) is 30.2 Å². The van der Waals surface area contributed by atoms with Gasteiger partial charge in [0.1, 0.15) is 5.82 Å². The van der Waals surface area contributed by atoms with Crippen molar-refractivity contribution in [3.05, 3.63) is 89.5 Å². The zero-order valence-electron chi connectivity index (χ0n) is 17.5. The molecule has 5 rings (SSSR count). The zero-order valence-corrected chi connectivity index (χ0v) is 18.3. The van der Waals surface area contributed by atoms with Gasteiger partial charge in [0.25, 0.3) is 5.91 Å². The van der Waals surface area contributed by atoms with Gasteiger partial charge in [-0.1, -0.05) is 42.1 Å². The topological polar surface area (TPSA) is 101 Å². The van der Waals surface area contributed by atoms with Gasteiger partial charge in [-0.05, 0) is 59.3 Å². The summed E-state index contributed by atoms with van der Waals surface area (Å²) in [6, 6.07) is 19.4. The predicted octanol–water partition coefficient (Wildman–Crippen LogP) is 4.53. The van der Waals surface area contributed by atoms with Crippen LogP contribution in [0.5, 0.6) is 0 Å². The third-order valence-electron chi connectivity index (χ3n) is 5.06. The first-order valence-electron chi connectivity index (χ1n) is 10.1. The van der Waals surface area contributed by atoms with Crippen LogP contribution in [-0.2, 0) is 5.75 Å². The molecule has 3 aromatic carbocycles. The first kappa shape index (κ1) is 20.8. The van der Waals surface area contributed by atoms with Gasteiger partial charge in [-0.15, -0.1) is 5.10 Å². The molecule has 0 bridgehead atoms. The average molecular weight is 460 g/mol. The Hall–Kier alpha value is -4.05. The Balaban J connectivity index is 1.36. The highest BCUT2D eigenvalue weighted by atomic mass is 32.2. The Morgan fingerprint density at radius 2 is 1.94 bits per heavy atom. The van der Waals surface area contributed by atoms with Gasteiger partial charge in [-0.3, -0.25) is 4.79 Å². The number of nitrogens with zero attached hydrogens (tertiary/aromatic N) is 5. The molecule has 0 fully saturated rings. The van der Waals surface area contributed by atoms with E-state index in [1.807, 2.05) is 36.4 Å². The number of nitrogens with one attached hydrogen (secondary N) is 2. The molecule has 33 heavy (non-hydrogen) atoms. The highest BCUT2D eigenvalue weighted by Gasteiger charge is 2.16. The monoisotopic (exact) mass is 459 g/mol. The van der Waals surface area contributed by atoms with E-state index in [0.29, 0.717) is 22.8 Å². The van der Waals surface area contributed by atoms with Crippen LogP contribution in [0.15, 0.2) is 71.9 Å². The minimum atomic E-state index is -0.549. The first-order valence-corrected chi connectivity index (χ1v) is 11.1. The summed E-state index contributed by atoms with van der Waals surface area (Å²) >= 11 is 1.50. The number of carbonyl (C=O) groups is 1. The molecule has 10 heteroatoms. The number of anilines is 1. The molecular weight excluding hydrogens is 441 g/mol. The lowest BCUT2D eigenvalue weighted by Crippen LogP contribution is -2.15. The molecule has 8 nitrogen and oxygen atoms in total. The van der Waals surface area contributed by atoms with Crippen LogP contribution in [-0.4, -0.2) is 36.1 Å². The smallest absolute Gasteiger partial charge is 0.256 e. The number of aromatic nitrogens is 6. The molecule has 0 saturated carbocycles. The summed E-state index contributed by atoms with van der Waals surface area (Å²) in [6.07, 6.45) is 0. The summed E-state index contributed by atoms with van der Waals surface area (Å²) in [4.78, 5) is 20.9. The number of rotatable bonds is 6. The van der Waals surface area contributed by atoms with Crippen LogP contribution in [0, 0.1) is 12.7 Å². The molecule has 0 unspecified atom stereocenters. The lowest BCUT2D eigenvalue weighted by atomic mass is 10.1. The van der Waals surface area contributed by atoms with E-state index in [-0.39, 0.29) is 5.69 Å². The summed E-state index contributed by atoms with van der Waals surface area (Å²) in [5, 5.41) is 14.8. The van der Waals surface area contributed by atoms with Crippen molar-refractivity contribution in [1.29, 1.82) is 0 Å². The molecule has 0 atom stereocenters. The number of hydrogen-bond acceptors (Lipinski definition) is 6. The second kappa shape index (κ2) is 8.83. The van der Waals surface area contributed by atoms with Crippen LogP contribution in [0.1, 0.15) is 21.7 Å². The lowest BCUT2D eigenvalue weighted by molar-refractivity contribution is 0.102. The number of para-hydroxylation sites is 2. The van der Waals surface area contributed by atoms with Gasteiger partial charge in [-0.2, -0.15) is 4.68 Å². The van der Waals surface area contributed by atoms with Crippen LogP contribution in [0.3, 0.4) is 0 Å². The third-order valence-corrected chi connectivity index (χ3v) is 5.98. The highest BCUT2D eigenvalue weighted by molar-refractivity contribution is 7.98. The Morgan fingerprint density at radius 1 is 1.12 bits per heavy atom. The van der Waals surface area contributed by atoms with Gasteiger partial charge in [0.2, 0.25) is 0 Å². The van der Waals surface area contributed by atoms with E-state index in [1.54, 1.807) is 25.1 Å². The van der Waals surface area contributed by atoms with E-state index >= 15 is 0 Å². The van der Waals surface area contributed by atoms with Crippen molar-refractivity contribution < 1.29 is 9.18 Å². The Kier molecular flexibility index (Phi) is 5.57. The molecule has 0 aliphatic heterocycles. The number of aryl methyl sites for hydroxylation is 1. The van der Waals surface area contributed by atoms with E-state index < -0.39 is 11.7 Å². The number of thioether (sulfide) groups is 1. The van der Waals surface area contributed by atoms with Gasteiger partial charge in [0, 0.05) is 11.3 Å². The second-order valence-electron chi connectivity index (χ2n) is 7.26. The van der Waals surface area contributed by atoms with Crippen LogP contribution < -0.4 is 5.32 Å². The van der Waals surface area contributed by atoms with Gasteiger partial charge in [0.15, 0.2) is 11.0 Å². The van der Waals surface area contributed by atoms with Crippen molar-refractivity contribution in [2.45, 2.75) is 17.8 Å². The number of hydrogen-bond donors (Lipinski definition) is 2. The van der Waals surface area contributed by atoms with Crippen molar-refractivity contribution in [3.8, 4) is 5.69 Å². The predicted molar refractivity (Wildman–Crippen MR) is 124 cm³/mol. The fraction of sp³-hybridized carbons (Fsp3) is 0.0870. The molecule has 2 aromatic heterocycles. The molecule has 0 radical (unpaired) electrons. The number of fused-ring (bicyclic) bond motifs is 1. The fourth-order valence-corrected chi connectivity index (χ4v) is 4.30. The highest BCUT2D eigenvalue weighted by Crippen LogP contribution is 2.26. The molecule has 0 aliphatic carbocycles. The van der Waals surface area contributed by atoms with Crippen LogP contribution in [0.4, 0.5) is 10.1 Å². The lowest BCUT2D eigenvalue weighted by Gasteiger charge is -2.11. The maximum absolute atomic E-state index is 14.5. The first-order chi connectivity index (χ1) is 16.1. The van der Waals surface area contributed by atoms with Crippen LogP contribution >= 0.6 is 11.8 Å². The summed E-state index contributed by atoms with van der Waals surface area (Å²) in [5.41, 5.74) is 3.71. The molecule has 0 aliphatic rings. The zero-order chi connectivity index (χ0) is 22.8. The summed E-state index contributed by atoms with van der Waals surface area (Å²) in [5.74, 6) is 0.120. The third kappa shape index (κ3) is 4.33. The number of aromatic amines is 1. The van der Waals surface area contributed by atoms with Gasteiger partial charge in [-0.25, -0.2) is 9.37 Å².